The molecule has 108 valence electrons. The summed E-state index contributed by atoms with van der Waals surface area (Å²) in [5, 5.41) is 35.4. The van der Waals surface area contributed by atoms with E-state index in [2.05, 4.69) is 0 Å². The van der Waals surface area contributed by atoms with E-state index in [1.165, 1.54) is 0 Å². The van der Waals surface area contributed by atoms with Crippen LogP contribution < -0.4 is 0 Å². The lowest BCUT2D eigenvalue weighted by atomic mass is 9.80. The van der Waals surface area contributed by atoms with Crippen LogP contribution in [0.5, 0.6) is 0 Å². The average Bonchev–Trinajstić information content (AvgIpc) is 2.27. The lowest BCUT2D eigenvalue weighted by Crippen LogP contribution is -2.35. The quantitative estimate of drug-likeness (QED) is 0.491. The number of rotatable bonds is 8. The molecule has 8 nitrogen and oxygen atoms in total. The van der Waals surface area contributed by atoms with Gasteiger partial charge in [-0.15, -0.1) is 0 Å². The fourth-order valence-corrected chi connectivity index (χ4v) is 1.66. The van der Waals surface area contributed by atoms with Crippen LogP contribution in [0.1, 0.15) is 20.3 Å². The second kappa shape index (κ2) is 6.72. The van der Waals surface area contributed by atoms with Crippen molar-refractivity contribution in [3.8, 4) is 0 Å². The van der Waals surface area contributed by atoms with Crippen LogP contribution in [0.25, 0.3) is 0 Å². The van der Waals surface area contributed by atoms with E-state index in [-0.39, 0.29) is 0 Å². The summed E-state index contributed by atoms with van der Waals surface area (Å²) < 4.78 is 0. The van der Waals surface area contributed by atoms with Gasteiger partial charge in [0, 0.05) is 0 Å². The first-order valence-electron chi connectivity index (χ1n) is 5.50. The third-order valence-corrected chi connectivity index (χ3v) is 3.13. The molecule has 0 rings (SSSR count). The van der Waals surface area contributed by atoms with Gasteiger partial charge in [-0.05, 0) is 6.42 Å². The molecule has 4 unspecified atom stereocenters. The highest BCUT2D eigenvalue weighted by Gasteiger charge is 2.38. The van der Waals surface area contributed by atoms with Crippen molar-refractivity contribution in [1.82, 2.24) is 0 Å². The van der Waals surface area contributed by atoms with E-state index in [0.29, 0.717) is 0 Å². The van der Waals surface area contributed by atoms with Gasteiger partial charge in [0.25, 0.3) is 0 Å². The molecule has 0 aromatic heterocycles. The first-order valence-corrected chi connectivity index (χ1v) is 5.50. The molecule has 0 bridgehead atoms. The standard InChI is InChI=1S/C11H16O8/c1-4(8(12)13)6(10(16)17)3-7(11(18)19)5(2)9(14)15/h4-7H,3H2,1-2H3,(H,12,13)(H,14,15)(H,16,17)(H,18,19). The van der Waals surface area contributed by atoms with Crippen molar-refractivity contribution in [2.75, 3.05) is 0 Å². The molecular formula is C11H16O8. The molecule has 0 radical (unpaired) electrons. The SMILES string of the molecule is CC(C(=O)O)C(CC(C(=O)O)C(C)C(=O)O)C(=O)O. The van der Waals surface area contributed by atoms with Gasteiger partial charge in [-0.25, -0.2) is 0 Å². The zero-order valence-electron chi connectivity index (χ0n) is 10.4. The first-order chi connectivity index (χ1) is 8.59. The summed E-state index contributed by atoms with van der Waals surface area (Å²) in [7, 11) is 0. The fraction of sp³-hybridized carbons (Fsp3) is 0.636. The lowest BCUT2D eigenvalue weighted by Gasteiger charge is -2.22. The summed E-state index contributed by atoms with van der Waals surface area (Å²) in [5.74, 6) is -11.2. The van der Waals surface area contributed by atoms with E-state index in [9.17, 15) is 19.2 Å². The molecule has 19 heavy (non-hydrogen) atoms. The predicted octanol–water partition coefficient (Wildman–Crippen LogP) is 0.219. The number of carboxylic acid groups (broad SMARTS) is 4. The van der Waals surface area contributed by atoms with Crippen LogP contribution in [0.15, 0.2) is 0 Å². The van der Waals surface area contributed by atoms with Crippen molar-refractivity contribution in [2.45, 2.75) is 20.3 Å². The third kappa shape index (κ3) is 4.57. The van der Waals surface area contributed by atoms with Crippen molar-refractivity contribution < 1.29 is 39.6 Å². The summed E-state index contributed by atoms with van der Waals surface area (Å²) in [5.41, 5.74) is 0. The molecule has 0 amide bonds. The van der Waals surface area contributed by atoms with E-state index in [0.717, 1.165) is 13.8 Å². The minimum absolute atomic E-state index is 0.550. The van der Waals surface area contributed by atoms with Gasteiger partial charge in [0.1, 0.15) is 0 Å². The van der Waals surface area contributed by atoms with E-state index >= 15 is 0 Å². The Hall–Kier alpha value is -2.12. The molecule has 0 saturated carbocycles. The van der Waals surface area contributed by atoms with Crippen LogP contribution in [0.3, 0.4) is 0 Å². The Balaban J connectivity index is 5.17. The van der Waals surface area contributed by atoms with Crippen LogP contribution in [-0.4, -0.2) is 44.3 Å². The first kappa shape index (κ1) is 16.9. The maximum Gasteiger partial charge on any atom is 0.307 e. The van der Waals surface area contributed by atoms with Crippen LogP contribution in [0, 0.1) is 23.7 Å². The van der Waals surface area contributed by atoms with Crippen molar-refractivity contribution in [3.63, 3.8) is 0 Å². The van der Waals surface area contributed by atoms with Gasteiger partial charge in [-0.3, -0.25) is 19.2 Å². The van der Waals surface area contributed by atoms with Crippen LogP contribution in [0.2, 0.25) is 0 Å². The molecule has 4 N–H and O–H groups in total. The summed E-state index contributed by atoms with van der Waals surface area (Å²) in [6.07, 6.45) is -0.550. The molecule has 0 aliphatic heterocycles. The predicted molar refractivity (Wildman–Crippen MR) is 60.5 cm³/mol. The van der Waals surface area contributed by atoms with Crippen LogP contribution >= 0.6 is 0 Å². The van der Waals surface area contributed by atoms with Gasteiger partial charge in [0.15, 0.2) is 0 Å². The van der Waals surface area contributed by atoms with Gasteiger partial charge in [0.05, 0.1) is 23.7 Å². The highest BCUT2D eigenvalue weighted by molar-refractivity contribution is 5.82. The van der Waals surface area contributed by atoms with E-state index in [1.54, 1.807) is 0 Å². The zero-order chi connectivity index (χ0) is 15.3. The average molecular weight is 276 g/mol. The Morgan fingerprint density at radius 2 is 0.947 bits per heavy atom. The molecule has 0 fully saturated rings. The maximum absolute atomic E-state index is 11.0. The Kier molecular flexibility index (Phi) is 5.97. The van der Waals surface area contributed by atoms with Gasteiger partial charge in [-0.1, -0.05) is 13.8 Å². The molecule has 0 saturated heterocycles. The second-order valence-corrected chi connectivity index (χ2v) is 4.38. The smallest absolute Gasteiger partial charge is 0.307 e. The zero-order valence-corrected chi connectivity index (χ0v) is 10.4. The van der Waals surface area contributed by atoms with Crippen molar-refractivity contribution >= 4 is 23.9 Å². The summed E-state index contributed by atoms with van der Waals surface area (Å²) >= 11 is 0. The molecule has 0 spiro atoms. The van der Waals surface area contributed by atoms with E-state index < -0.39 is 54.0 Å². The largest absolute Gasteiger partial charge is 0.481 e. The monoisotopic (exact) mass is 276 g/mol. The summed E-state index contributed by atoms with van der Waals surface area (Å²) in [4.78, 5) is 43.5. The Bertz CT molecular complexity index is 352. The Morgan fingerprint density at radius 3 is 1.11 bits per heavy atom. The van der Waals surface area contributed by atoms with Crippen molar-refractivity contribution in [2.24, 2.45) is 23.7 Å². The molecule has 0 aliphatic rings. The molecule has 0 aliphatic carbocycles. The minimum Gasteiger partial charge on any atom is -0.481 e. The molecule has 0 aromatic rings. The molecule has 4 atom stereocenters. The van der Waals surface area contributed by atoms with Gasteiger partial charge >= 0.3 is 23.9 Å². The molecule has 0 heterocycles. The number of aliphatic carboxylic acids is 4. The summed E-state index contributed by atoms with van der Waals surface area (Å²) in [6.45, 7) is 2.29. The van der Waals surface area contributed by atoms with Gasteiger partial charge in [-0.2, -0.15) is 0 Å². The van der Waals surface area contributed by atoms with Gasteiger partial charge < -0.3 is 20.4 Å². The minimum atomic E-state index is -1.46. The van der Waals surface area contributed by atoms with Crippen LogP contribution in [-0.2, 0) is 19.2 Å². The second-order valence-electron chi connectivity index (χ2n) is 4.38. The summed E-state index contributed by atoms with van der Waals surface area (Å²) in [6, 6.07) is 0. The van der Waals surface area contributed by atoms with Crippen LogP contribution in [0.4, 0.5) is 0 Å². The number of hydrogen-bond donors (Lipinski definition) is 4. The lowest BCUT2D eigenvalue weighted by molar-refractivity contribution is -0.159. The number of carboxylic acids is 4. The van der Waals surface area contributed by atoms with Gasteiger partial charge in [0.2, 0.25) is 0 Å². The molecular weight excluding hydrogens is 260 g/mol. The van der Waals surface area contributed by atoms with E-state index in [4.69, 9.17) is 20.4 Å². The highest BCUT2D eigenvalue weighted by Crippen LogP contribution is 2.26. The van der Waals surface area contributed by atoms with Crippen molar-refractivity contribution in [3.05, 3.63) is 0 Å². The number of carbonyl (C=O) groups is 4. The van der Waals surface area contributed by atoms with E-state index in [1.807, 2.05) is 0 Å². The fourth-order valence-electron chi connectivity index (χ4n) is 1.66. The van der Waals surface area contributed by atoms with Crippen molar-refractivity contribution in [1.29, 1.82) is 0 Å². The molecule has 8 heteroatoms. The number of hydrogen-bond acceptors (Lipinski definition) is 4. The Labute approximate surface area is 108 Å². The topological polar surface area (TPSA) is 149 Å². The Morgan fingerprint density at radius 1 is 0.684 bits per heavy atom. The molecule has 0 aromatic carbocycles. The third-order valence-electron chi connectivity index (χ3n) is 3.13. The highest BCUT2D eigenvalue weighted by atomic mass is 16.4. The normalized spacial score (nSPS) is 16.9. The maximum atomic E-state index is 11.0.